The maximum absolute atomic E-state index is 12.9. The van der Waals surface area contributed by atoms with Crippen molar-refractivity contribution in [1.29, 1.82) is 0 Å². The van der Waals surface area contributed by atoms with Gasteiger partial charge in [-0.25, -0.2) is 8.78 Å². The summed E-state index contributed by atoms with van der Waals surface area (Å²) in [5, 5.41) is 0.833. The number of rotatable bonds is 2. The van der Waals surface area contributed by atoms with Crippen molar-refractivity contribution in [2.24, 2.45) is 0 Å². The summed E-state index contributed by atoms with van der Waals surface area (Å²) < 4.78 is 31.0. The van der Waals surface area contributed by atoms with Crippen LogP contribution < -0.4 is 0 Å². The van der Waals surface area contributed by atoms with Crippen molar-refractivity contribution in [1.82, 2.24) is 0 Å². The molecule has 1 aromatic heterocycles. The molecule has 0 spiro atoms. The lowest BCUT2D eigenvalue weighted by Gasteiger charge is -2.05. The van der Waals surface area contributed by atoms with Crippen molar-refractivity contribution in [3.8, 4) is 0 Å². The van der Waals surface area contributed by atoms with Crippen LogP contribution in [0.2, 0.25) is 0 Å². The molecular weight excluding hydrogens is 210 g/mol. The molecule has 1 heterocycles. The van der Waals surface area contributed by atoms with Crippen molar-refractivity contribution in [2.75, 3.05) is 0 Å². The van der Waals surface area contributed by atoms with Crippen LogP contribution in [0, 0.1) is 6.92 Å². The summed E-state index contributed by atoms with van der Waals surface area (Å²) in [6, 6.07) is 3.60. The maximum atomic E-state index is 12.9. The van der Waals surface area contributed by atoms with Gasteiger partial charge in [-0.15, -0.1) is 0 Å². The first-order chi connectivity index (χ1) is 7.66. The van der Waals surface area contributed by atoms with Crippen LogP contribution in [0.5, 0.6) is 0 Å². The van der Waals surface area contributed by atoms with Gasteiger partial charge in [0.2, 0.25) is 0 Å². The Morgan fingerprint density at radius 3 is 2.69 bits per heavy atom. The van der Waals surface area contributed by atoms with Gasteiger partial charge in [0, 0.05) is 5.39 Å². The molecule has 3 heteroatoms. The second kappa shape index (κ2) is 3.30. The van der Waals surface area contributed by atoms with E-state index in [1.54, 1.807) is 12.3 Å². The molecule has 1 aliphatic carbocycles. The molecule has 0 radical (unpaired) electrons. The summed E-state index contributed by atoms with van der Waals surface area (Å²) in [5.74, 6) is 0.483. The first-order valence-electron chi connectivity index (χ1n) is 5.46. The molecule has 1 nitrogen and oxygen atoms in total. The van der Waals surface area contributed by atoms with E-state index in [0.29, 0.717) is 11.5 Å². The number of hydrogen-bond acceptors (Lipinski definition) is 1. The topological polar surface area (TPSA) is 13.1 Å². The normalized spacial score (nSPS) is 16.2. The van der Waals surface area contributed by atoms with E-state index in [1.165, 1.54) is 0 Å². The predicted octanol–water partition coefficient (Wildman–Crippen LogP) is 4.56. The van der Waals surface area contributed by atoms with Gasteiger partial charge in [0.15, 0.2) is 0 Å². The first-order valence-corrected chi connectivity index (χ1v) is 5.46. The highest BCUT2D eigenvalue weighted by atomic mass is 19.3. The fraction of sp³-hybridized carbons (Fsp3) is 0.385. The third-order valence-electron chi connectivity index (χ3n) is 3.20. The lowest BCUT2D eigenvalue weighted by atomic mass is 10.0. The maximum Gasteiger partial charge on any atom is 0.267 e. The number of alkyl halides is 2. The van der Waals surface area contributed by atoms with E-state index < -0.39 is 6.43 Å². The molecular formula is C13H12F2O. The standard InChI is InChI=1S/C13H12F2O/c1-7-6-16-12-10(7)4-9(8-2-3-8)5-11(12)13(14)15/h4-6,8,13H,2-3H2,1H3. The minimum Gasteiger partial charge on any atom is -0.464 e. The second-order valence-corrected chi connectivity index (χ2v) is 4.48. The molecule has 0 N–H and O–H groups in total. The summed E-state index contributed by atoms with van der Waals surface area (Å²) in [4.78, 5) is 0. The van der Waals surface area contributed by atoms with Gasteiger partial charge in [-0.2, -0.15) is 0 Å². The van der Waals surface area contributed by atoms with Crippen LogP contribution in [-0.4, -0.2) is 0 Å². The summed E-state index contributed by atoms with van der Waals surface area (Å²) in [5.41, 5.74) is 2.34. The van der Waals surface area contributed by atoms with E-state index in [1.807, 2.05) is 13.0 Å². The van der Waals surface area contributed by atoms with Gasteiger partial charge < -0.3 is 4.42 Å². The summed E-state index contributed by atoms with van der Waals surface area (Å²) in [7, 11) is 0. The van der Waals surface area contributed by atoms with Gasteiger partial charge in [-0.3, -0.25) is 0 Å². The largest absolute Gasteiger partial charge is 0.464 e. The zero-order chi connectivity index (χ0) is 11.3. The van der Waals surface area contributed by atoms with E-state index in [9.17, 15) is 8.78 Å². The summed E-state index contributed by atoms with van der Waals surface area (Å²) >= 11 is 0. The Balaban J connectivity index is 2.27. The molecule has 1 aromatic carbocycles. The Kier molecular flexibility index (Phi) is 2.03. The Labute approximate surface area is 92.1 Å². The highest BCUT2D eigenvalue weighted by molar-refractivity contribution is 5.85. The van der Waals surface area contributed by atoms with Gasteiger partial charge >= 0.3 is 0 Å². The molecule has 0 amide bonds. The Morgan fingerprint density at radius 2 is 2.06 bits per heavy atom. The fourth-order valence-electron chi connectivity index (χ4n) is 2.12. The van der Waals surface area contributed by atoms with E-state index in [0.717, 1.165) is 29.4 Å². The number of halogens is 2. The van der Waals surface area contributed by atoms with Crippen molar-refractivity contribution in [2.45, 2.75) is 32.1 Å². The lowest BCUT2D eigenvalue weighted by molar-refractivity contribution is 0.151. The lowest BCUT2D eigenvalue weighted by Crippen LogP contribution is -1.89. The van der Waals surface area contributed by atoms with Crippen LogP contribution in [0.25, 0.3) is 11.0 Å². The van der Waals surface area contributed by atoms with Gasteiger partial charge in [0.05, 0.1) is 11.8 Å². The Hall–Kier alpha value is -1.38. The number of hydrogen-bond donors (Lipinski definition) is 0. The number of aryl methyl sites for hydroxylation is 1. The molecule has 16 heavy (non-hydrogen) atoms. The van der Waals surface area contributed by atoms with Crippen LogP contribution in [0.15, 0.2) is 22.8 Å². The molecule has 3 rings (SSSR count). The highest BCUT2D eigenvalue weighted by Gasteiger charge is 2.26. The first kappa shape index (κ1) is 9.82. The highest BCUT2D eigenvalue weighted by Crippen LogP contribution is 2.43. The van der Waals surface area contributed by atoms with E-state index >= 15 is 0 Å². The molecule has 0 atom stereocenters. The van der Waals surface area contributed by atoms with Gasteiger partial charge in [0.1, 0.15) is 5.58 Å². The molecule has 84 valence electrons. The van der Waals surface area contributed by atoms with Gasteiger partial charge in [0.25, 0.3) is 6.43 Å². The number of benzene rings is 1. The summed E-state index contributed by atoms with van der Waals surface area (Å²) in [6.07, 6.45) is 1.32. The zero-order valence-corrected chi connectivity index (χ0v) is 8.97. The van der Waals surface area contributed by atoms with Crippen molar-refractivity contribution < 1.29 is 13.2 Å². The zero-order valence-electron chi connectivity index (χ0n) is 8.97. The summed E-state index contributed by atoms with van der Waals surface area (Å²) in [6.45, 7) is 1.89. The van der Waals surface area contributed by atoms with E-state index in [4.69, 9.17) is 4.42 Å². The molecule has 0 aliphatic heterocycles. The average Bonchev–Trinajstić information content (AvgIpc) is 3.03. The van der Waals surface area contributed by atoms with Crippen LogP contribution in [0.4, 0.5) is 8.78 Å². The molecule has 1 saturated carbocycles. The third kappa shape index (κ3) is 1.42. The molecule has 0 unspecified atom stereocenters. The second-order valence-electron chi connectivity index (χ2n) is 4.48. The van der Waals surface area contributed by atoms with E-state index in [2.05, 4.69) is 0 Å². The van der Waals surface area contributed by atoms with Crippen LogP contribution in [-0.2, 0) is 0 Å². The SMILES string of the molecule is Cc1coc2c(C(F)F)cc(C3CC3)cc12. The Morgan fingerprint density at radius 1 is 1.31 bits per heavy atom. The van der Waals surface area contributed by atoms with Gasteiger partial charge in [-0.05, 0) is 48.9 Å². The molecule has 0 saturated heterocycles. The molecule has 1 fully saturated rings. The van der Waals surface area contributed by atoms with Crippen molar-refractivity contribution >= 4 is 11.0 Å². The van der Waals surface area contributed by atoms with Crippen LogP contribution in [0.3, 0.4) is 0 Å². The Bertz CT molecular complexity index is 538. The van der Waals surface area contributed by atoms with Crippen LogP contribution in [0.1, 0.15) is 41.9 Å². The fourth-order valence-corrected chi connectivity index (χ4v) is 2.12. The molecule has 0 bridgehead atoms. The third-order valence-corrected chi connectivity index (χ3v) is 3.20. The van der Waals surface area contributed by atoms with E-state index in [-0.39, 0.29) is 5.56 Å². The monoisotopic (exact) mass is 222 g/mol. The van der Waals surface area contributed by atoms with Crippen molar-refractivity contribution in [3.05, 3.63) is 35.1 Å². The minimum atomic E-state index is -2.47. The quantitative estimate of drug-likeness (QED) is 0.726. The molecule has 2 aromatic rings. The molecule has 1 aliphatic rings. The predicted molar refractivity (Wildman–Crippen MR) is 57.9 cm³/mol. The minimum absolute atomic E-state index is 0.0347. The smallest absolute Gasteiger partial charge is 0.267 e. The average molecular weight is 222 g/mol. The van der Waals surface area contributed by atoms with Crippen molar-refractivity contribution in [3.63, 3.8) is 0 Å². The van der Waals surface area contributed by atoms with Gasteiger partial charge in [-0.1, -0.05) is 0 Å². The van der Waals surface area contributed by atoms with Crippen LogP contribution >= 0.6 is 0 Å². The number of fused-ring (bicyclic) bond motifs is 1. The number of furan rings is 1.